The molecule has 3 nitrogen and oxygen atoms in total. The average Bonchev–Trinajstić information content (AvgIpc) is 3.22. The Kier molecular flexibility index (Phi) is 5.24. The highest BCUT2D eigenvalue weighted by molar-refractivity contribution is 5.59. The van der Waals surface area contributed by atoms with Crippen molar-refractivity contribution in [2.24, 2.45) is 0 Å². The zero-order chi connectivity index (χ0) is 13.2. The molecular formula is C16H17N3. The van der Waals surface area contributed by atoms with Crippen LogP contribution in [0.1, 0.15) is 11.1 Å². The third-order valence-electron chi connectivity index (χ3n) is 2.59. The van der Waals surface area contributed by atoms with Crippen molar-refractivity contribution in [2.45, 2.75) is 6.42 Å². The lowest BCUT2D eigenvalue weighted by Gasteiger charge is -1.93. The molecule has 0 spiro atoms. The number of nitrogens with one attached hydrogen (secondary N) is 2. The van der Waals surface area contributed by atoms with Crippen LogP contribution in [0.4, 0.5) is 0 Å². The number of benzene rings is 1. The lowest BCUT2D eigenvalue weighted by Crippen LogP contribution is -1.76. The van der Waals surface area contributed by atoms with Gasteiger partial charge in [-0.2, -0.15) is 0 Å². The molecule has 0 saturated heterocycles. The highest BCUT2D eigenvalue weighted by Crippen LogP contribution is 2.17. The second-order valence-corrected chi connectivity index (χ2v) is 3.95. The van der Waals surface area contributed by atoms with Crippen molar-refractivity contribution in [2.75, 3.05) is 0 Å². The van der Waals surface area contributed by atoms with Crippen LogP contribution in [0.3, 0.4) is 0 Å². The highest BCUT2D eigenvalue weighted by Gasteiger charge is 2.00. The van der Waals surface area contributed by atoms with E-state index >= 15 is 0 Å². The van der Waals surface area contributed by atoms with Crippen LogP contribution in [0.15, 0.2) is 73.6 Å². The number of H-pyrrole nitrogens is 2. The van der Waals surface area contributed by atoms with Crippen molar-refractivity contribution in [1.82, 2.24) is 15.0 Å². The van der Waals surface area contributed by atoms with Gasteiger partial charge >= 0.3 is 0 Å². The third kappa shape index (κ3) is 4.68. The summed E-state index contributed by atoms with van der Waals surface area (Å²) in [5.41, 5.74) is 2.84. The summed E-state index contributed by atoms with van der Waals surface area (Å²) in [5, 5.41) is 0. The second kappa shape index (κ2) is 7.71. The van der Waals surface area contributed by atoms with Gasteiger partial charge < -0.3 is 9.97 Å². The molecule has 0 unspecified atom stereocenters. The van der Waals surface area contributed by atoms with Gasteiger partial charge in [0.25, 0.3) is 0 Å². The van der Waals surface area contributed by atoms with Crippen LogP contribution < -0.4 is 0 Å². The Morgan fingerprint density at radius 3 is 2.26 bits per heavy atom. The lowest BCUT2D eigenvalue weighted by molar-refractivity contribution is 1.31. The van der Waals surface area contributed by atoms with Gasteiger partial charge in [-0.3, -0.25) is 0 Å². The summed E-state index contributed by atoms with van der Waals surface area (Å²) < 4.78 is 0. The summed E-state index contributed by atoms with van der Waals surface area (Å²) in [7, 11) is 0. The van der Waals surface area contributed by atoms with Crippen LogP contribution in [-0.2, 0) is 6.42 Å². The molecule has 2 N–H and O–H groups in total. The van der Waals surface area contributed by atoms with Crippen LogP contribution in [-0.4, -0.2) is 15.0 Å². The van der Waals surface area contributed by atoms with E-state index in [1.165, 1.54) is 11.1 Å². The molecule has 0 amide bonds. The summed E-state index contributed by atoms with van der Waals surface area (Å²) in [5.74, 6) is 0. The maximum Gasteiger partial charge on any atom is 0.0919 e. The number of nitrogens with zero attached hydrogens (tertiary/aromatic N) is 1. The van der Waals surface area contributed by atoms with Crippen molar-refractivity contribution in [3.63, 3.8) is 0 Å². The summed E-state index contributed by atoms with van der Waals surface area (Å²) in [4.78, 5) is 9.28. The normalized spacial score (nSPS) is 10.7. The van der Waals surface area contributed by atoms with E-state index in [0.29, 0.717) is 0 Å². The van der Waals surface area contributed by atoms with Crippen LogP contribution in [0.5, 0.6) is 0 Å². The number of fused-ring (bicyclic) bond motifs is 1. The Morgan fingerprint density at radius 1 is 0.895 bits per heavy atom. The molecule has 0 fully saturated rings. The number of allylic oxidation sites excluding steroid dienone is 1. The van der Waals surface area contributed by atoms with Gasteiger partial charge in [-0.25, -0.2) is 4.98 Å². The maximum absolute atomic E-state index is 3.67. The number of hydrogen-bond acceptors (Lipinski definition) is 1. The van der Waals surface area contributed by atoms with E-state index in [1.807, 2.05) is 24.5 Å². The molecule has 1 aliphatic rings. The average molecular weight is 251 g/mol. The predicted molar refractivity (Wildman–Crippen MR) is 78.6 cm³/mol. The SMILES string of the molecule is C1=Cc2ccccc2C1.c1c[nH]cn1.c1cc[nH]c1. The van der Waals surface area contributed by atoms with Crippen LogP contribution in [0.25, 0.3) is 6.08 Å². The Morgan fingerprint density at radius 2 is 1.74 bits per heavy atom. The third-order valence-corrected chi connectivity index (χ3v) is 2.59. The molecule has 0 atom stereocenters. The largest absolute Gasteiger partial charge is 0.368 e. The fourth-order valence-corrected chi connectivity index (χ4v) is 1.69. The zero-order valence-corrected chi connectivity index (χ0v) is 10.7. The highest BCUT2D eigenvalue weighted by atomic mass is 14.8. The number of rotatable bonds is 0. The van der Waals surface area contributed by atoms with Crippen molar-refractivity contribution < 1.29 is 0 Å². The molecule has 0 bridgehead atoms. The van der Waals surface area contributed by atoms with Crippen LogP contribution in [0.2, 0.25) is 0 Å². The van der Waals surface area contributed by atoms with Crippen LogP contribution >= 0.6 is 0 Å². The molecule has 0 radical (unpaired) electrons. The van der Waals surface area contributed by atoms with Crippen molar-refractivity contribution in [3.05, 3.63) is 84.7 Å². The predicted octanol–water partition coefficient (Wildman–Crippen LogP) is 3.68. The van der Waals surface area contributed by atoms with Gasteiger partial charge in [-0.15, -0.1) is 0 Å². The molecule has 3 aromatic rings. The maximum atomic E-state index is 3.67. The molecule has 3 heteroatoms. The minimum absolute atomic E-state index is 1.12. The standard InChI is InChI=1S/C9H8.C4H5N.C3H4N2/c1-2-5-9-7-3-6-8(9)4-1;1-2-4-5-3-1;1-2-5-3-4-1/h1-6H,7H2;1-5H;1-3H,(H,4,5). The molecule has 1 aliphatic carbocycles. The van der Waals surface area contributed by atoms with Gasteiger partial charge in [0.2, 0.25) is 0 Å². The van der Waals surface area contributed by atoms with E-state index in [0.717, 1.165) is 6.42 Å². The van der Waals surface area contributed by atoms with Crippen molar-refractivity contribution in [3.8, 4) is 0 Å². The summed E-state index contributed by atoms with van der Waals surface area (Å²) in [6.07, 6.45) is 14.3. The first-order valence-electron chi connectivity index (χ1n) is 6.22. The zero-order valence-electron chi connectivity index (χ0n) is 10.7. The Hall–Kier alpha value is -2.55. The molecule has 4 rings (SSSR count). The first-order chi connectivity index (χ1) is 9.47. The van der Waals surface area contributed by atoms with Gasteiger partial charge in [0, 0.05) is 24.8 Å². The fourth-order valence-electron chi connectivity index (χ4n) is 1.69. The first-order valence-corrected chi connectivity index (χ1v) is 6.22. The van der Waals surface area contributed by atoms with Gasteiger partial charge in [0.15, 0.2) is 0 Å². The monoisotopic (exact) mass is 251 g/mol. The molecule has 1 aromatic carbocycles. The molecule has 2 aromatic heterocycles. The number of hydrogen-bond donors (Lipinski definition) is 2. The van der Waals surface area contributed by atoms with Gasteiger partial charge in [0.05, 0.1) is 6.33 Å². The summed E-state index contributed by atoms with van der Waals surface area (Å²) in [6.45, 7) is 0. The summed E-state index contributed by atoms with van der Waals surface area (Å²) in [6, 6.07) is 12.4. The van der Waals surface area contributed by atoms with Crippen LogP contribution in [0, 0.1) is 0 Å². The van der Waals surface area contributed by atoms with E-state index in [9.17, 15) is 0 Å². The molecule has 2 heterocycles. The molecule has 0 saturated carbocycles. The number of aromatic amines is 2. The number of imidazole rings is 1. The second-order valence-electron chi connectivity index (χ2n) is 3.95. The van der Waals surface area contributed by atoms with E-state index in [-0.39, 0.29) is 0 Å². The molecule has 19 heavy (non-hydrogen) atoms. The van der Waals surface area contributed by atoms with E-state index in [4.69, 9.17) is 0 Å². The molecular weight excluding hydrogens is 234 g/mol. The van der Waals surface area contributed by atoms with Crippen molar-refractivity contribution >= 4 is 6.08 Å². The Balaban J connectivity index is 0.000000114. The van der Waals surface area contributed by atoms with Gasteiger partial charge in [-0.1, -0.05) is 36.4 Å². The van der Waals surface area contributed by atoms with Gasteiger partial charge in [0.1, 0.15) is 0 Å². The molecule has 96 valence electrons. The smallest absolute Gasteiger partial charge is 0.0919 e. The molecule has 0 aliphatic heterocycles. The van der Waals surface area contributed by atoms with E-state index < -0.39 is 0 Å². The summed E-state index contributed by atoms with van der Waals surface area (Å²) >= 11 is 0. The van der Waals surface area contributed by atoms with Crippen molar-refractivity contribution in [1.29, 1.82) is 0 Å². The minimum Gasteiger partial charge on any atom is -0.368 e. The lowest BCUT2D eigenvalue weighted by atomic mass is 10.1. The fraction of sp³-hybridized carbons (Fsp3) is 0.0625. The van der Waals surface area contributed by atoms with Gasteiger partial charge in [-0.05, 0) is 29.7 Å². The Labute approximate surface area is 113 Å². The number of aromatic nitrogens is 3. The van der Waals surface area contributed by atoms with E-state index in [2.05, 4.69) is 51.4 Å². The van der Waals surface area contributed by atoms with E-state index in [1.54, 1.807) is 18.7 Å². The quantitative estimate of drug-likeness (QED) is 0.629. The Bertz CT molecular complexity index is 505. The first kappa shape index (κ1) is 12.9. The minimum atomic E-state index is 1.12. The topological polar surface area (TPSA) is 44.5 Å².